The second kappa shape index (κ2) is 9.87. The second-order valence-electron chi connectivity index (χ2n) is 9.35. The predicted octanol–water partition coefficient (Wildman–Crippen LogP) is 3.77. The van der Waals surface area contributed by atoms with Crippen LogP contribution >= 0.6 is 0 Å². The van der Waals surface area contributed by atoms with E-state index in [-0.39, 0.29) is 18.4 Å². The fourth-order valence-corrected chi connectivity index (χ4v) is 4.85. The lowest BCUT2D eigenvalue weighted by Crippen LogP contribution is -2.42. The maximum atomic E-state index is 13.4. The van der Waals surface area contributed by atoms with E-state index in [2.05, 4.69) is 28.1 Å². The molecule has 2 N–H and O–H groups in total. The minimum absolute atomic E-state index is 0.0908. The lowest BCUT2D eigenvalue weighted by Gasteiger charge is -2.24. The van der Waals surface area contributed by atoms with Crippen LogP contribution in [0.25, 0.3) is 10.9 Å². The van der Waals surface area contributed by atoms with E-state index in [1.165, 1.54) is 0 Å². The number of para-hydroxylation sites is 1. The van der Waals surface area contributed by atoms with Crippen molar-refractivity contribution in [3.05, 3.63) is 101 Å². The number of fused-ring (bicyclic) bond motifs is 2. The Morgan fingerprint density at radius 3 is 2.56 bits per heavy atom. The Labute approximate surface area is 210 Å². The van der Waals surface area contributed by atoms with Gasteiger partial charge in [-0.1, -0.05) is 48.5 Å². The molecule has 5 rings (SSSR count). The van der Waals surface area contributed by atoms with E-state index in [0.717, 1.165) is 33.4 Å². The normalized spacial score (nSPS) is 15.4. The SMILES string of the molecule is CN(Cc1cc2ccccc2n1C)C(=O)c1ccc2c(c1)CN(Cc1ccccc1)C(=O)C(CO)N2. The summed E-state index contributed by atoms with van der Waals surface area (Å²) in [5.74, 6) is -0.259. The molecule has 1 unspecified atom stereocenters. The van der Waals surface area contributed by atoms with E-state index >= 15 is 0 Å². The van der Waals surface area contributed by atoms with Crippen molar-refractivity contribution in [2.75, 3.05) is 19.0 Å². The Bertz CT molecular complexity index is 1410. The Kier molecular flexibility index (Phi) is 6.48. The maximum absolute atomic E-state index is 13.4. The van der Waals surface area contributed by atoms with Crippen molar-refractivity contribution in [2.24, 2.45) is 7.05 Å². The first-order valence-electron chi connectivity index (χ1n) is 12.1. The lowest BCUT2D eigenvalue weighted by molar-refractivity contribution is -0.133. The largest absolute Gasteiger partial charge is 0.394 e. The smallest absolute Gasteiger partial charge is 0.253 e. The van der Waals surface area contributed by atoms with Crippen LogP contribution in [0.15, 0.2) is 78.9 Å². The van der Waals surface area contributed by atoms with Gasteiger partial charge >= 0.3 is 0 Å². The molecular weight excluding hydrogens is 452 g/mol. The Hall–Kier alpha value is -4.10. The molecule has 2 heterocycles. The zero-order chi connectivity index (χ0) is 25.2. The highest BCUT2D eigenvalue weighted by Gasteiger charge is 2.29. The molecule has 0 fully saturated rings. The van der Waals surface area contributed by atoms with Gasteiger partial charge in [0.2, 0.25) is 5.91 Å². The van der Waals surface area contributed by atoms with Crippen molar-refractivity contribution in [3.8, 4) is 0 Å². The molecular formula is C29H30N4O3. The van der Waals surface area contributed by atoms with Crippen molar-refractivity contribution in [2.45, 2.75) is 25.7 Å². The monoisotopic (exact) mass is 482 g/mol. The number of hydrogen-bond acceptors (Lipinski definition) is 4. The fourth-order valence-electron chi connectivity index (χ4n) is 4.85. The maximum Gasteiger partial charge on any atom is 0.253 e. The molecule has 0 aliphatic carbocycles. The van der Waals surface area contributed by atoms with E-state index in [9.17, 15) is 14.7 Å². The average molecular weight is 483 g/mol. The van der Waals surface area contributed by atoms with Gasteiger partial charge in [0.1, 0.15) is 6.04 Å². The summed E-state index contributed by atoms with van der Waals surface area (Å²) < 4.78 is 2.11. The van der Waals surface area contributed by atoms with Crippen molar-refractivity contribution in [1.82, 2.24) is 14.4 Å². The van der Waals surface area contributed by atoms with E-state index < -0.39 is 6.04 Å². The van der Waals surface area contributed by atoms with Gasteiger partial charge in [-0.2, -0.15) is 0 Å². The Morgan fingerprint density at radius 2 is 1.81 bits per heavy atom. The number of hydrogen-bond donors (Lipinski definition) is 2. The highest BCUT2D eigenvalue weighted by molar-refractivity contribution is 5.95. The van der Waals surface area contributed by atoms with Crippen LogP contribution in [0.1, 0.15) is 27.2 Å². The summed E-state index contributed by atoms with van der Waals surface area (Å²) in [5.41, 5.74) is 5.35. The number of carbonyl (C=O) groups excluding carboxylic acids is 2. The quantitative estimate of drug-likeness (QED) is 0.439. The number of rotatable bonds is 6. The van der Waals surface area contributed by atoms with Crippen LogP contribution in [0, 0.1) is 0 Å². The van der Waals surface area contributed by atoms with Crippen molar-refractivity contribution >= 4 is 28.4 Å². The Morgan fingerprint density at radius 1 is 1.06 bits per heavy atom. The van der Waals surface area contributed by atoms with Crippen LogP contribution < -0.4 is 5.32 Å². The van der Waals surface area contributed by atoms with Gasteiger partial charge in [-0.3, -0.25) is 9.59 Å². The molecule has 0 bridgehead atoms. The number of aliphatic hydroxyl groups excluding tert-OH is 1. The highest BCUT2D eigenvalue weighted by Crippen LogP contribution is 2.27. The number of aliphatic hydroxyl groups is 1. The number of aromatic nitrogens is 1. The summed E-state index contributed by atoms with van der Waals surface area (Å²) in [6.07, 6.45) is 0. The number of carbonyl (C=O) groups is 2. The van der Waals surface area contributed by atoms with Gasteiger partial charge < -0.3 is 24.8 Å². The number of nitrogens with one attached hydrogen (secondary N) is 1. The average Bonchev–Trinajstić information content (AvgIpc) is 3.14. The molecule has 1 aliphatic heterocycles. The summed E-state index contributed by atoms with van der Waals surface area (Å²) in [5, 5.41) is 14.2. The third-order valence-electron chi connectivity index (χ3n) is 6.85. The van der Waals surface area contributed by atoms with Gasteiger partial charge in [-0.15, -0.1) is 0 Å². The summed E-state index contributed by atoms with van der Waals surface area (Å²) >= 11 is 0. The van der Waals surface area contributed by atoms with Crippen LogP contribution in [0.5, 0.6) is 0 Å². The molecule has 7 heteroatoms. The molecule has 7 nitrogen and oxygen atoms in total. The summed E-state index contributed by atoms with van der Waals surface area (Å²) in [4.78, 5) is 29.9. The fraction of sp³-hybridized carbons (Fsp3) is 0.241. The topological polar surface area (TPSA) is 77.8 Å². The zero-order valence-corrected chi connectivity index (χ0v) is 20.5. The molecule has 1 atom stereocenters. The number of benzene rings is 3. The number of aryl methyl sites for hydroxylation is 1. The molecule has 184 valence electrons. The molecule has 0 radical (unpaired) electrons. The van der Waals surface area contributed by atoms with Gasteiger partial charge in [0.15, 0.2) is 0 Å². The minimum Gasteiger partial charge on any atom is -0.394 e. The molecule has 0 saturated carbocycles. The highest BCUT2D eigenvalue weighted by atomic mass is 16.3. The van der Waals surface area contributed by atoms with E-state index in [1.54, 1.807) is 22.9 Å². The zero-order valence-electron chi connectivity index (χ0n) is 20.5. The van der Waals surface area contributed by atoms with Crippen LogP contribution in [-0.2, 0) is 31.5 Å². The third kappa shape index (κ3) is 4.57. The molecule has 1 aromatic heterocycles. The van der Waals surface area contributed by atoms with Crippen LogP contribution in [0.4, 0.5) is 5.69 Å². The predicted molar refractivity (Wildman–Crippen MR) is 140 cm³/mol. The number of nitrogens with zero attached hydrogens (tertiary/aromatic N) is 3. The van der Waals surface area contributed by atoms with Crippen LogP contribution in [0.3, 0.4) is 0 Å². The van der Waals surface area contributed by atoms with E-state index in [1.807, 2.05) is 61.6 Å². The Balaban J connectivity index is 1.39. The molecule has 3 aromatic carbocycles. The van der Waals surface area contributed by atoms with Gasteiger partial charge in [0, 0.05) is 49.6 Å². The minimum atomic E-state index is -0.731. The van der Waals surface area contributed by atoms with E-state index in [0.29, 0.717) is 25.2 Å². The van der Waals surface area contributed by atoms with Gasteiger partial charge in [-0.25, -0.2) is 0 Å². The van der Waals surface area contributed by atoms with Crippen molar-refractivity contribution in [3.63, 3.8) is 0 Å². The lowest BCUT2D eigenvalue weighted by atomic mass is 10.1. The first kappa shape index (κ1) is 23.6. The molecule has 36 heavy (non-hydrogen) atoms. The summed E-state index contributed by atoms with van der Waals surface area (Å²) in [6.45, 7) is 0.944. The second-order valence-corrected chi connectivity index (χ2v) is 9.35. The summed E-state index contributed by atoms with van der Waals surface area (Å²) in [6, 6.07) is 24.8. The molecule has 2 amide bonds. The van der Waals surface area contributed by atoms with Crippen molar-refractivity contribution < 1.29 is 14.7 Å². The number of anilines is 1. The summed E-state index contributed by atoms with van der Waals surface area (Å²) in [7, 11) is 3.82. The standard InChI is InChI=1S/C29H30N4O3/c1-31(18-24-15-21-10-6-7-11-27(21)32(24)2)28(35)22-12-13-25-23(14-22)17-33(29(36)26(19-34)30-25)16-20-8-4-3-5-9-20/h3-15,26,30,34H,16-19H2,1-2H3. The van der Waals surface area contributed by atoms with Crippen molar-refractivity contribution in [1.29, 1.82) is 0 Å². The molecule has 4 aromatic rings. The van der Waals surface area contributed by atoms with Gasteiger partial charge in [0.25, 0.3) is 5.91 Å². The van der Waals surface area contributed by atoms with Crippen LogP contribution in [-0.4, -0.2) is 51.0 Å². The number of amides is 2. The van der Waals surface area contributed by atoms with Gasteiger partial charge in [0.05, 0.1) is 13.2 Å². The molecule has 0 spiro atoms. The molecule has 1 aliphatic rings. The third-order valence-corrected chi connectivity index (χ3v) is 6.85. The first-order chi connectivity index (χ1) is 17.4. The van der Waals surface area contributed by atoms with E-state index in [4.69, 9.17) is 0 Å². The van der Waals surface area contributed by atoms with Crippen LogP contribution in [0.2, 0.25) is 0 Å². The van der Waals surface area contributed by atoms with Gasteiger partial charge in [-0.05, 0) is 46.8 Å². The first-order valence-corrected chi connectivity index (χ1v) is 12.1. The molecule has 0 saturated heterocycles.